The Morgan fingerprint density at radius 2 is 0.659 bits per heavy atom. The third-order valence-electron chi connectivity index (χ3n) is 15.9. The van der Waals surface area contributed by atoms with Crippen LogP contribution >= 0.6 is 92.8 Å². The van der Waals surface area contributed by atoms with Gasteiger partial charge in [-0.05, 0) is 132 Å². The van der Waals surface area contributed by atoms with Gasteiger partial charge in [-0.2, -0.15) is 82.4 Å². The maximum atomic E-state index is 13.4. The van der Waals surface area contributed by atoms with Gasteiger partial charge in [0.2, 0.25) is 74.2 Å². The summed E-state index contributed by atoms with van der Waals surface area (Å²) in [6.07, 6.45) is 5.55. The second kappa shape index (κ2) is 41.6. The number of hydrogen-bond donors (Lipinski definition) is 10. The molecule has 0 bridgehead atoms. The van der Waals surface area contributed by atoms with Gasteiger partial charge < -0.3 is 88.9 Å². The molecule has 0 fully saturated rings. The van der Waals surface area contributed by atoms with Crippen molar-refractivity contribution in [1.82, 2.24) is 120 Å². The summed E-state index contributed by atoms with van der Waals surface area (Å²) in [6.45, 7) is 0.622. The van der Waals surface area contributed by atoms with Crippen LogP contribution in [0.2, 0.25) is 35.9 Å². The van der Waals surface area contributed by atoms with E-state index >= 15 is 0 Å². The van der Waals surface area contributed by atoms with Crippen LogP contribution in [-0.4, -0.2) is 160 Å². The number of rotatable bonds is 25. The Bertz CT molecular complexity index is 6580. The number of pyridine rings is 4. The van der Waals surface area contributed by atoms with Gasteiger partial charge in [-0.25, -0.2) is 24.7 Å². The third-order valence-corrected chi connectivity index (χ3v) is 17.9. The van der Waals surface area contributed by atoms with E-state index in [0.29, 0.717) is 79.9 Å². The van der Waals surface area contributed by atoms with E-state index in [1.165, 1.54) is 78.0 Å². The van der Waals surface area contributed by atoms with E-state index in [4.69, 9.17) is 141 Å². The highest BCUT2D eigenvalue weighted by molar-refractivity contribution is 6.34. The zero-order chi connectivity index (χ0) is 89.1. The maximum Gasteiger partial charge on any atom is 0.352 e. The molecule has 644 valence electrons. The molecule has 1 aliphatic rings. The Morgan fingerprint density at radius 1 is 0.349 bits per heavy atom. The lowest BCUT2D eigenvalue weighted by molar-refractivity contribution is 0.304. The van der Waals surface area contributed by atoms with Gasteiger partial charge in [0.1, 0.15) is 75.4 Å². The highest BCUT2D eigenvalue weighted by atomic mass is 35.5. The smallest absolute Gasteiger partial charge is 0.352 e. The Balaban J connectivity index is 0.000000147. The number of aliphatic hydroxyl groups excluding tert-OH is 1. The summed E-state index contributed by atoms with van der Waals surface area (Å²) in [5.74, 6) is 3.74. The van der Waals surface area contributed by atoms with Crippen molar-refractivity contribution in [1.29, 1.82) is 0 Å². The van der Waals surface area contributed by atoms with Crippen LogP contribution in [0, 0.1) is 29.9 Å². The van der Waals surface area contributed by atoms with Crippen molar-refractivity contribution in [3.05, 3.63) is 250 Å². The molecule has 39 nitrogen and oxygen atoms in total. The largest absolute Gasteiger partial charge is 0.497 e. The molecule has 4 aromatic carbocycles. The summed E-state index contributed by atoms with van der Waals surface area (Å²) in [7, 11) is 7.61. The van der Waals surface area contributed by atoms with E-state index in [9.17, 15) is 22.4 Å². The van der Waals surface area contributed by atoms with Gasteiger partial charge in [0.25, 0.3) is 0 Å². The average Bonchev–Trinajstić information content (AvgIpc) is 1.25. The summed E-state index contributed by atoms with van der Waals surface area (Å²) in [5.41, 5.74) is 2.62. The first-order chi connectivity index (χ1) is 60.7. The molecule has 1 aliphatic carbocycles. The van der Waals surface area contributed by atoms with Crippen LogP contribution in [0.5, 0.6) is 70.0 Å². The van der Waals surface area contributed by atoms with Gasteiger partial charge in [0.15, 0.2) is 28.7 Å². The fraction of sp³-hybridized carbons (Fsp3) is 0.120. The average molecular weight is 1880 g/mol. The molecule has 16 aromatic rings. The summed E-state index contributed by atoms with van der Waals surface area (Å²) < 4.78 is 102. The Hall–Kier alpha value is -14.4. The number of methoxy groups -OCH3 is 5. The number of H-pyrrole nitrogens is 5. The van der Waals surface area contributed by atoms with E-state index in [1.54, 1.807) is 91.0 Å². The van der Waals surface area contributed by atoms with Crippen LogP contribution in [0.4, 0.5) is 41.4 Å². The normalized spacial score (nSPS) is 11.3. The van der Waals surface area contributed by atoms with Gasteiger partial charge in [-0.3, -0.25) is 4.98 Å². The van der Waals surface area contributed by atoms with E-state index < -0.39 is 29.5 Å². The highest BCUT2D eigenvalue weighted by Gasteiger charge is 2.21. The Labute approximate surface area is 744 Å². The molecule has 0 amide bonds. The molecule has 0 radical (unpaired) electrons. The van der Waals surface area contributed by atoms with Gasteiger partial charge in [0.05, 0.1) is 110 Å². The number of halogens is 12. The molecule has 126 heavy (non-hydrogen) atoms. The molecule has 12 heterocycles. The second-order valence-electron chi connectivity index (χ2n) is 24.4. The topological polar surface area (TPSA) is 492 Å². The standard InChI is InChI=1S/C24H18Cl2FN7O4.C24H18ClF2N11O2.C17H13ClFN7O3.C7H5ClO2.C3Cl3N3/c1-35-12-3-6-17(14(25)9-12)37-23-32-22(28-11-20-29-16-5-8-19(27)30-21(16)31-20)33-24(34-23)38-18-7-4-13(36-2)10-15(18)26;1-39-11-2-5-15(12(25)8-11)40-24-37-22(28-9-18-30-13-3-6-16(26)32-20(13)34-18)36-23(38-24)29-10-19-31-14-4-7-17(27)33-21(14)35-19;1-28-8-2-4-11(9(18)6-8)29-17-25-15(24-16(27)26-17)20-7-13-21-10-3-5-12(19)22-14(10)23-13;1-10-5-2-3-7(9)6(8)4-5;4-1-7-2(5)9-3(6)8-1/h3-10H,11H2,1-2H3,(H,29,30,31)(H,28,32,33,34);2-8H,9-10H2,1H3,(H,30,32,34)(H,31,33,35)(H2,28,29,36,37,38);2-6H,7H2,1H3,(H,21,22,23)(H2,20,24,25,26,27);2,4H,1H3;/p+1. The molecule has 0 aliphatic heterocycles. The first-order valence-corrected chi connectivity index (χ1v) is 38.5. The molecule has 0 atom stereocenters. The molecule has 51 heteroatoms. The fourth-order valence-electron chi connectivity index (χ4n) is 10.3. The predicted octanol–water partition coefficient (Wildman–Crippen LogP) is 16.5. The van der Waals surface area contributed by atoms with Crippen molar-refractivity contribution >= 4 is 161 Å². The third kappa shape index (κ3) is 24.7. The van der Waals surface area contributed by atoms with Crippen molar-refractivity contribution in [3.8, 4) is 70.0 Å². The monoisotopic (exact) mass is 1880 g/mol. The van der Waals surface area contributed by atoms with Gasteiger partial charge in [-0.15, -0.1) is 9.97 Å². The van der Waals surface area contributed by atoms with Crippen LogP contribution in [0.15, 0.2) is 155 Å². The summed E-state index contributed by atoms with van der Waals surface area (Å²) in [6, 6.07) is 30.1. The number of benzene rings is 4. The van der Waals surface area contributed by atoms with Crippen LogP contribution in [0.1, 0.15) is 23.3 Å². The van der Waals surface area contributed by atoms with E-state index in [2.05, 4.69) is 147 Å². The van der Waals surface area contributed by atoms with Gasteiger partial charge in [-0.1, -0.05) is 46.4 Å². The predicted molar refractivity (Wildman–Crippen MR) is 453 cm³/mol. The summed E-state index contributed by atoms with van der Waals surface area (Å²) in [5, 5.41) is 22.2. The van der Waals surface area contributed by atoms with Crippen LogP contribution < -0.4 is 64.9 Å². The van der Waals surface area contributed by atoms with Crippen molar-refractivity contribution < 1.29 is 65.3 Å². The van der Waals surface area contributed by atoms with Crippen LogP contribution in [0.25, 0.3) is 44.7 Å². The summed E-state index contributed by atoms with van der Waals surface area (Å²) in [4.78, 5) is 102. The SMILES string of the molecule is COC1=CC(Cl)=C(O)[C+]=C1.COc1ccc(Oc2nc(NCc3nc4nc(F)ccc4[nH]3)[nH]c(=O)n2)c(Cl)c1.COc1ccc(Oc2nc(NCc3nc4nc(F)ccc4[nH]3)nc(NCc3nc4nc(F)ccc4[nH]3)n2)c(Cl)c1.COc1ccc(Oc2nc(NCc3nc4nc(F)ccc4[nH]3)nc(Oc3ccc(OC)cc3Cl)n2)c(Cl)c1.Clc1nc(Cl)nc(Cl)n1. The number of aliphatic hydroxyl groups is 1. The molecular weight excluding hydrogens is 1830 g/mol. The second-order valence-corrected chi connectivity index (χ2v) is 27.5. The number of imidazole rings is 4. The molecule has 12 aromatic heterocycles. The zero-order valence-electron chi connectivity index (χ0n) is 64.6. The number of aromatic amines is 5. The number of aromatic nitrogens is 24. The van der Waals surface area contributed by atoms with E-state index in [1.807, 2.05) is 0 Å². The number of allylic oxidation sites excluding steroid dienone is 4. The molecular formula is C75H55Cl8F4N28O11+. The number of nitrogens with one attached hydrogen (secondary N) is 9. The number of ether oxygens (including phenoxy) is 9. The summed E-state index contributed by atoms with van der Waals surface area (Å²) >= 11 is 46.6. The van der Waals surface area contributed by atoms with Crippen LogP contribution in [0.3, 0.4) is 0 Å². The van der Waals surface area contributed by atoms with Crippen molar-refractivity contribution in [2.75, 3.05) is 56.8 Å². The quantitative estimate of drug-likeness (QED) is 0.0144. The highest BCUT2D eigenvalue weighted by Crippen LogP contribution is 2.37. The lowest BCUT2D eigenvalue weighted by Gasteiger charge is -2.12. The van der Waals surface area contributed by atoms with Crippen molar-refractivity contribution in [2.24, 2.45) is 0 Å². The molecule has 0 unspecified atom stereocenters. The lowest BCUT2D eigenvalue weighted by Crippen LogP contribution is -2.17. The molecule has 0 spiro atoms. The number of hydrogen-bond acceptors (Lipinski definition) is 34. The first kappa shape index (κ1) is 89.3. The number of fused-ring (bicyclic) bond motifs is 4. The number of nitrogens with zero attached hydrogens (tertiary/aromatic N) is 19. The Kier molecular flexibility index (Phi) is 29.5. The van der Waals surface area contributed by atoms with Crippen molar-refractivity contribution in [2.45, 2.75) is 26.2 Å². The molecule has 10 N–H and O–H groups in total. The lowest BCUT2D eigenvalue weighted by atomic mass is 10.2. The van der Waals surface area contributed by atoms with Gasteiger partial charge in [0, 0.05) is 35.9 Å². The molecule has 17 rings (SSSR count). The van der Waals surface area contributed by atoms with E-state index in [-0.39, 0.29) is 161 Å². The van der Waals surface area contributed by atoms with Gasteiger partial charge >= 0.3 is 35.5 Å². The zero-order valence-corrected chi connectivity index (χ0v) is 70.6. The van der Waals surface area contributed by atoms with Crippen LogP contribution in [-0.2, 0) is 30.9 Å². The van der Waals surface area contributed by atoms with E-state index in [0.717, 1.165) is 0 Å². The van der Waals surface area contributed by atoms with Crippen molar-refractivity contribution in [3.63, 3.8) is 0 Å². The molecule has 0 saturated heterocycles. The number of anilines is 4. The maximum absolute atomic E-state index is 13.4. The fourth-order valence-corrected chi connectivity index (χ4v) is 11.9. The first-order valence-electron chi connectivity index (χ1n) is 35.5. The Morgan fingerprint density at radius 3 is 0.968 bits per heavy atom. The molecule has 0 saturated carbocycles. The minimum absolute atomic E-state index is 0.000000000000000444. The minimum atomic E-state index is -0.671. The minimum Gasteiger partial charge on any atom is -0.497 e.